The van der Waals surface area contributed by atoms with E-state index in [1.807, 2.05) is 24.3 Å². The Bertz CT molecular complexity index is 1240. The molecule has 2 fully saturated rings. The van der Waals surface area contributed by atoms with Crippen LogP contribution in [0.4, 0.5) is 18.9 Å². The summed E-state index contributed by atoms with van der Waals surface area (Å²) >= 11 is 0. The van der Waals surface area contributed by atoms with Gasteiger partial charge in [0.2, 0.25) is 5.91 Å². The lowest BCUT2D eigenvalue weighted by Crippen LogP contribution is -2.43. The van der Waals surface area contributed by atoms with E-state index in [4.69, 9.17) is 14.6 Å². The summed E-state index contributed by atoms with van der Waals surface area (Å²) in [7, 11) is -3.66. The zero-order valence-corrected chi connectivity index (χ0v) is 23.0. The molecule has 1 aliphatic heterocycles. The van der Waals surface area contributed by atoms with Gasteiger partial charge in [0.25, 0.3) is 10.0 Å². The summed E-state index contributed by atoms with van der Waals surface area (Å²) < 4.78 is 65.2. The van der Waals surface area contributed by atoms with Gasteiger partial charge in [0.05, 0.1) is 23.5 Å². The van der Waals surface area contributed by atoms with Crippen LogP contribution in [-0.4, -0.2) is 75.9 Å². The standard InChI is InChI=1S/C25H33N3O4S.C2HF3O2/c1-2-3-20-4-10-23(11-5-20)33(30,31)27-22-8-6-21(7-9-22)25(12-13-25)24(29)26-14-15-28-16-18-32-19-17-28;3-2(4,5)1(6)7/h4-11,27H,2-3,12-19H2,1H3,(H,26,29);(H,6,7). The number of anilines is 1. The maximum Gasteiger partial charge on any atom is 0.490 e. The second kappa shape index (κ2) is 13.5. The maximum absolute atomic E-state index is 12.9. The molecule has 1 amide bonds. The molecule has 2 aromatic rings. The normalized spacial score (nSPS) is 16.8. The van der Waals surface area contributed by atoms with Crippen LogP contribution in [0, 0.1) is 0 Å². The second-order valence-electron chi connectivity index (χ2n) is 9.67. The number of ether oxygens (including phenoxy) is 1. The third-order valence-corrected chi connectivity index (χ3v) is 8.10. The summed E-state index contributed by atoms with van der Waals surface area (Å²) in [6.45, 7) is 6.84. The molecule has 0 unspecified atom stereocenters. The predicted molar refractivity (Wildman–Crippen MR) is 143 cm³/mol. The van der Waals surface area contributed by atoms with E-state index in [1.165, 1.54) is 0 Å². The van der Waals surface area contributed by atoms with Crippen molar-refractivity contribution >= 4 is 27.6 Å². The first-order valence-electron chi connectivity index (χ1n) is 13.0. The number of carbonyl (C=O) groups excluding carboxylic acids is 1. The molecule has 9 nitrogen and oxygen atoms in total. The van der Waals surface area contributed by atoms with Crippen LogP contribution in [0.25, 0.3) is 0 Å². The van der Waals surface area contributed by atoms with Gasteiger partial charge in [-0.3, -0.25) is 14.4 Å². The van der Waals surface area contributed by atoms with E-state index < -0.39 is 27.6 Å². The number of halogens is 3. The molecule has 1 saturated carbocycles. The van der Waals surface area contributed by atoms with E-state index in [-0.39, 0.29) is 10.8 Å². The van der Waals surface area contributed by atoms with Gasteiger partial charge >= 0.3 is 12.1 Å². The number of nitrogens with one attached hydrogen (secondary N) is 2. The molecule has 0 spiro atoms. The lowest BCUT2D eigenvalue weighted by Gasteiger charge is -2.27. The molecule has 0 radical (unpaired) electrons. The zero-order chi connectivity index (χ0) is 29.4. The van der Waals surface area contributed by atoms with Gasteiger partial charge in [0, 0.05) is 31.9 Å². The van der Waals surface area contributed by atoms with Crippen molar-refractivity contribution in [3.8, 4) is 0 Å². The highest BCUT2D eigenvalue weighted by molar-refractivity contribution is 7.92. The molecule has 2 aliphatic rings. The third-order valence-electron chi connectivity index (χ3n) is 6.71. The number of carboxylic acids is 1. The Labute approximate surface area is 231 Å². The first-order valence-corrected chi connectivity index (χ1v) is 14.5. The number of nitrogens with zero attached hydrogens (tertiary/aromatic N) is 1. The largest absolute Gasteiger partial charge is 0.490 e. The fourth-order valence-electron chi connectivity index (χ4n) is 4.29. The van der Waals surface area contributed by atoms with Crippen molar-refractivity contribution in [2.24, 2.45) is 0 Å². The van der Waals surface area contributed by atoms with Crippen LogP contribution >= 0.6 is 0 Å². The van der Waals surface area contributed by atoms with Crippen LogP contribution in [-0.2, 0) is 36.2 Å². The number of carbonyl (C=O) groups is 2. The highest BCUT2D eigenvalue weighted by Gasteiger charge is 2.51. The summed E-state index contributed by atoms with van der Waals surface area (Å²) in [6, 6.07) is 14.2. The number of carboxylic acid groups (broad SMARTS) is 1. The molecule has 0 bridgehead atoms. The van der Waals surface area contributed by atoms with Crippen LogP contribution in [0.2, 0.25) is 0 Å². The molecule has 1 heterocycles. The second-order valence-corrected chi connectivity index (χ2v) is 11.4. The summed E-state index contributed by atoms with van der Waals surface area (Å²) in [6.07, 6.45) is -1.51. The molecular weight excluding hydrogens is 551 g/mol. The van der Waals surface area contributed by atoms with Gasteiger partial charge in [-0.25, -0.2) is 13.2 Å². The number of hydrogen-bond acceptors (Lipinski definition) is 6. The fourth-order valence-corrected chi connectivity index (χ4v) is 5.35. The predicted octanol–water partition coefficient (Wildman–Crippen LogP) is 3.55. The number of alkyl halides is 3. The minimum absolute atomic E-state index is 0.0521. The minimum Gasteiger partial charge on any atom is -0.475 e. The van der Waals surface area contributed by atoms with Gasteiger partial charge in [-0.2, -0.15) is 13.2 Å². The number of amides is 1. The van der Waals surface area contributed by atoms with E-state index >= 15 is 0 Å². The molecule has 40 heavy (non-hydrogen) atoms. The Hall–Kier alpha value is -3.16. The van der Waals surface area contributed by atoms with E-state index in [2.05, 4.69) is 21.9 Å². The average Bonchev–Trinajstić information content (AvgIpc) is 3.72. The van der Waals surface area contributed by atoms with Gasteiger partial charge < -0.3 is 15.2 Å². The van der Waals surface area contributed by atoms with Gasteiger partial charge in [0.1, 0.15) is 0 Å². The van der Waals surface area contributed by atoms with Crippen molar-refractivity contribution in [1.29, 1.82) is 0 Å². The molecule has 13 heteroatoms. The van der Waals surface area contributed by atoms with E-state index in [9.17, 15) is 26.4 Å². The third kappa shape index (κ3) is 8.67. The molecular formula is C27H34F3N3O6S. The van der Waals surface area contributed by atoms with Crippen LogP contribution in [0.3, 0.4) is 0 Å². The first kappa shape index (κ1) is 31.4. The Morgan fingerprint density at radius 1 is 1.02 bits per heavy atom. The number of morpholine rings is 1. The molecule has 220 valence electrons. The SMILES string of the molecule is CCCc1ccc(S(=O)(=O)Nc2ccc(C3(C(=O)NCCN4CCOCC4)CC3)cc2)cc1.O=C(O)C(F)(F)F. The van der Waals surface area contributed by atoms with Crippen molar-refractivity contribution in [2.75, 3.05) is 44.1 Å². The van der Waals surface area contributed by atoms with Crippen LogP contribution in [0.1, 0.15) is 37.3 Å². The Morgan fingerprint density at radius 2 is 1.60 bits per heavy atom. The number of rotatable bonds is 10. The molecule has 0 atom stereocenters. The first-order chi connectivity index (χ1) is 18.9. The van der Waals surface area contributed by atoms with E-state index in [0.29, 0.717) is 12.2 Å². The number of hydrogen-bond donors (Lipinski definition) is 3. The molecule has 3 N–H and O–H groups in total. The van der Waals surface area contributed by atoms with Crippen LogP contribution in [0.5, 0.6) is 0 Å². The smallest absolute Gasteiger partial charge is 0.475 e. The zero-order valence-electron chi connectivity index (χ0n) is 22.2. The summed E-state index contributed by atoms with van der Waals surface area (Å²) in [5.74, 6) is -2.70. The Morgan fingerprint density at radius 3 is 2.10 bits per heavy atom. The summed E-state index contributed by atoms with van der Waals surface area (Å²) in [5.41, 5.74) is 2.05. The summed E-state index contributed by atoms with van der Waals surface area (Å²) in [5, 5.41) is 10.2. The average molecular weight is 586 g/mol. The molecule has 1 saturated heterocycles. The van der Waals surface area contributed by atoms with E-state index in [1.54, 1.807) is 24.3 Å². The number of sulfonamides is 1. The number of benzene rings is 2. The number of aliphatic carboxylic acids is 1. The van der Waals surface area contributed by atoms with Crippen molar-refractivity contribution in [1.82, 2.24) is 10.2 Å². The lowest BCUT2D eigenvalue weighted by atomic mass is 9.95. The number of aryl methyl sites for hydroxylation is 1. The highest BCUT2D eigenvalue weighted by Crippen LogP contribution is 2.48. The van der Waals surface area contributed by atoms with Crippen LogP contribution in [0.15, 0.2) is 53.4 Å². The van der Waals surface area contributed by atoms with Crippen molar-refractivity contribution < 1.29 is 41.0 Å². The Kier molecular flexibility index (Phi) is 10.6. The van der Waals surface area contributed by atoms with Crippen molar-refractivity contribution in [3.05, 3.63) is 59.7 Å². The summed E-state index contributed by atoms with van der Waals surface area (Å²) in [4.78, 5) is 24.3. The Balaban J connectivity index is 0.000000559. The fraction of sp³-hybridized carbons (Fsp3) is 0.481. The van der Waals surface area contributed by atoms with Gasteiger partial charge in [-0.15, -0.1) is 0 Å². The molecule has 2 aromatic carbocycles. The van der Waals surface area contributed by atoms with Crippen molar-refractivity contribution in [2.45, 2.75) is 49.1 Å². The molecule has 0 aromatic heterocycles. The van der Waals surface area contributed by atoms with Crippen molar-refractivity contribution in [3.63, 3.8) is 0 Å². The molecule has 1 aliphatic carbocycles. The monoisotopic (exact) mass is 585 g/mol. The maximum atomic E-state index is 12.9. The highest BCUT2D eigenvalue weighted by atomic mass is 32.2. The van der Waals surface area contributed by atoms with Crippen LogP contribution < -0.4 is 10.0 Å². The van der Waals surface area contributed by atoms with E-state index in [0.717, 1.165) is 69.7 Å². The van der Waals surface area contributed by atoms with Gasteiger partial charge in [0.15, 0.2) is 0 Å². The van der Waals surface area contributed by atoms with Gasteiger partial charge in [-0.1, -0.05) is 37.6 Å². The lowest BCUT2D eigenvalue weighted by molar-refractivity contribution is -0.192. The minimum atomic E-state index is -5.08. The molecule has 4 rings (SSSR count). The quantitative estimate of drug-likeness (QED) is 0.390. The topological polar surface area (TPSA) is 125 Å². The van der Waals surface area contributed by atoms with Gasteiger partial charge in [-0.05, 0) is 54.7 Å².